The van der Waals surface area contributed by atoms with Crippen LogP contribution in [-0.4, -0.2) is 72.2 Å². The van der Waals surface area contributed by atoms with Gasteiger partial charge in [0.15, 0.2) is 0 Å². The van der Waals surface area contributed by atoms with Crippen molar-refractivity contribution in [3.05, 3.63) is 0 Å². The summed E-state index contributed by atoms with van der Waals surface area (Å²) in [5.74, 6) is 7.40. The maximum atomic E-state index is 12.0. The van der Waals surface area contributed by atoms with Crippen LogP contribution in [0, 0.1) is 23.2 Å². The van der Waals surface area contributed by atoms with E-state index in [9.17, 15) is 9.90 Å². The summed E-state index contributed by atoms with van der Waals surface area (Å²) in [6.07, 6.45) is 2.84. The molecular formula is C15H24N2O2S. The van der Waals surface area contributed by atoms with Crippen LogP contribution in [0.4, 0.5) is 0 Å². The molecule has 0 aromatic rings. The summed E-state index contributed by atoms with van der Waals surface area (Å²) >= 11 is 1.56. The van der Waals surface area contributed by atoms with Crippen LogP contribution in [0.15, 0.2) is 0 Å². The summed E-state index contributed by atoms with van der Waals surface area (Å²) in [7, 11) is 0. The number of rotatable bonds is 4. The zero-order valence-corrected chi connectivity index (χ0v) is 13.2. The number of aliphatic hydroxyl groups is 1. The molecule has 2 rings (SSSR count). The van der Waals surface area contributed by atoms with E-state index in [4.69, 9.17) is 0 Å². The van der Waals surface area contributed by atoms with Crippen LogP contribution in [0.2, 0.25) is 0 Å². The monoisotopic (exact) mass is 296 g/mol. The third kappa shape index (κ3) is 3.13. The maximum Gasteiger partial charge on any atom is 0.232 e. The molecule has 2 unspecified atom stereocenters. The van der Waals surface area contributed by atoms with Gasteiger partial charge in [-0.2, -0.15) is 11.8 Å². The molecule has 4 nitrogen and oxygen atoms in total. The molecule has 112 valence electrons. The number of likely N-dealkylation sites (tertiary alicyclic amines) is 2. The molecule has 0 bridgehead atoms. The highest BCUT2D eigenvalue weighted by atomic mass is 32.2. The molecule has 2 atom stereocenters. The molecule has 1 amide bonds. The van der Waals surface area contributed by atoms with E-state index < -0.39 is 0 Å². The molecule has 2 saturated heterocycles. The molecule has 2 fully saturated rings. The van der Waals surface area contributed by atoms with Crippen LogP contribution in [0.3, 0.4) is 0 Å². The lowest BCUT2D eigenvalue weighted by Gasteiger charge is -2.26. The third-order valence-corrected chi connectivity index (χ3v) is 4.91. The molecular weight excluding hydrogens is 272 g/mol. The van der Waals surface area contributed by atoms with Crippen LogP contribution in [0.1, 0.15) is 13.3 Å². The smallest absolute Gasteiger partial charge is 0.232 e. The van der Waals surface area contributed by atoms with E-state index in [1.165, 1.54) is 0 Å². The van der Waals surface area contributed by atoms with E-state index in [0.29, 0.717) is 18.2 Å². The number of aliphatic hydroxyl groups excluding tert-OH is 1. The van der Waals surface area contributed by atoms with Gasteiger partial charge in [-0.1, -0.05) is 12.8 Å². The van der Waals surface area contributed by atoms with Crippen molar-refractivity contribution in [1.29, 1.82) is 0 Å². The number of fused-ring (bicyclic) bond motifs is 1. The van der Waals surface area contributed by atoms with E-state index in [-0.39, 0.29) is 17.9 Å². The van der Waals surface area contributed by atoms with Gasteiger partial charge in [0.25, 0.3) is 0 Å². The molecule has 0 saturated carbocycles. The molecule has 0 radical (unpaired) electrons. The molecule has 0 aromatic heterocycles. The molecule has 2 aliphatic rings. The Labute approximate surface area is 125 Å². The second-order valence-corrected chi connectivity index (χ2v) is 6.67. The van der Waals surface area contributed by atoms with Gasteiger partial charge in [0.2, 0.25) is 5.91 Å². The van der Waals surface area contributed by atoms with Crippen molar-refractivity contribution in [3.8, 4) is 11.8 Å². The van der Waals surface area contributed by atoms with Gasteiger partial charge in [-0.15, -0.1) is 5.92 Å². The summed E-state index contributed by atoms with van der Waals surface area (Å²) in [6, 6.07) is 0. The minimum Gasteiger partial charge on any atom is -0.396 e. The topological polar surface area (TPSA) is 43.8 Å². The number of carbonyl (C=O) groups is 1. The van der Waals surface area contributed by atoms with Crippen molar-refractivity contribution < 1.29 is 9.90 Å². The molecule has 0 aliphatic carbocycles. The zero-order valence-electron chi connectivity index (χ0n) is 12.4. The standard InChI is InChI=1S/C15H24N2O2S/c1-3-4-5-6-16-7-13-8-17(14(19)9-20-2)11-15(13,10-16)12-18/h13,18H,3,6-12H2,1-2H3. The summed E-state index contributed by atoms with van der Waals surface area (Å²) in [5, 5.41) is 9.84. The van der Waals surface area contributed by atoms with Gasteiger partial charge in [0.1, 0.15) is 0 Å². The van der Waals surface area contributed by atoms with Crippen molar-refractivity contribution in [2.24, 2.45) is 11.3 Å². The van der Waals surface area contributed by atoms with Gasteiger partial charge in [-0.05, 0) is 12.2 Å². The fourth-order valence-corrected chi connectivity index (χ4v) is 3.76. The van der Waals surface area contributed by atoms with E-state index in [1.54, 1.807) is 11.8 Å². The maximum absolute atomic E-state index is 12.0. The summed E-state index contributed by atoms with van der Waals surface area (Å²) in [5.41, 5.74) is -0.123. The number of nitrogens with zero attached hydrogens (tertiary/aromatic N) is 2. The lowest BCUT2D eigenvalue weighted by molar-refractivity contribution is -0.128. The predicted molar refractivity (Wildman–Crippen MR) is 82.5 cm³/mol. The first kappa shape index (κ1) is 15.7. The third-order valence-electron chi connectivity index (χ3n) is 4.37. The van der Waals surface area contributed by atoms with Crippen molar-refractivity contribution in [1.82, 2.24) is 9.80 Å². The van der Waals surface area contributed by atoms with Gasteiger partial charge >= 0.3 is 0 Å². The highest BCUT2D eigenvalue weighted by Gasteiger charge is 2.52. The fraction of sp³-hybridized carbons (Fsp3) is 0.800. The lowest BCUT2D eigenvalue weighted by atomic mass is 9.82. The van der Waals surface area contributed by atoms with Crippen LogP contribution in [0.5, 0.6) is 0 Å². The van der Waals surface area contributed by atoms with Crippen molar-refractivity contribution in [3.63, 3.8) is 0 Å². The highest BCUT2D eigenvalue weighted by molar-refractivity contribution is 7.99. The number of hydrogen-bond acceptors (Lipinski definition) is 4. The Morgan fingerprint density at radius 1 is 1.40 bits per heavy atom. The average Bonchev–Trinajstić information content (AvgIpc) is 2.93. The Morgan fingerprint density at radius 2 is 2.20 bits per heavy atom. The van der Waals surface area contributed by atoms with Crippen molar-refractivity contribution in [2.75, 3.05) is 51.3 Å². The van der Waals surface area contributed by atoms with E-state index in [0.717, 1.165) is 32.6 Å². The number of carbonyl (C=O) groups excluding carboxylic acids is 1. The van der Waals surface area contributed by atoms with Gasteiger partial charge < -0.3 is 10.0 Å². The number of thioether (sulfide) groups is 1. The zero-order chi connectivity index (χ0) is 14.6. The average molecular weight is 296 g/mol. The quantitative estimate of drug-likeness (QED) is 0.768. The SMILES string of the molecule is CCC#CCN1CC2CN(C(=O)CSC)CC2(CO)C1. The van der Waals surface area contributed by atoms with Gasteiger partial charge in [-0.3, -0.25) is 9.69 Å². The van der Waals surface area contributed by atoms with Crippen LogP contribution >= 0.6 is 11.8 Å². The Kier molecular flexibility index (Phi) is 5.36. The number of hydrogen-bond donors (Lipinski definition) is 1. The van der Waals surface area contributed by atoms with Gasteiger partial charge in [-0.25, -0.2) is 0 Å². The summed E-state index contributed by atoms with van der Waals surface area (Å²) in [4.78, 5) is 16.3. The summed E-state index contributed by atoms with van der Waals surface area (Å²) in [6.45, 7) is 6.29. The second kappa shape index (κ2) is 6.84. The molecule has 0 spiro atoms. The van der Waals surface area contributed by atoms with Crippen molar-refractivity contribution >= 4 is 17.7 Å². The molecule has 2 heterocycles. The number of amides is 1. The molecule has 0 aromatic carbocycles. The van der Waals surface area contributed by atoms with Crippen LogP contribution < -0.4 is 0 Å². The summed E-state index contributed by atoms with van der Waals surface area (Å²) < 4.78 is 0. The minimum absolute atomic E-state index is 0.123. The normalized spacial score (nSPS) is 29.1. The van der Waals surface area contributed by atoms with Gasteiger partial charge in [0, 0.05) is 38.0 Å². The predicted octanol–water partition coefficient (Wildman–Crippen LogP) is 0.516. The largest absolute Gasteiger partial charge is 0.396 e. The lowest BCUT2D eigenvalue weighted by Crippen LogP contribution is -2.39. The first-order valence-corrected chi connectivity index (χ1v) is 8.60. The highest BCUT2D eigenvalue weighted by Crippen LogP contribution is 2.42. The second-order valence-electron chi connectivity index (χ2n) is 5.80. The molecule has 20 heavy (non-hydrogen) atoms. The van der Waals surface area contributed by atoms with E-state index in [2.05, 4.69) is 23.7 Å². The minimum atomic E-state index is -0.123. The molecule has 1 N–H and O–H groups in total. The first-order valence-electron chi connectivity index (χ1n) is 7.21. The Hall–Kier alpha value is -0.700. The van der Waals surface area contributed by atoms with E-state index in [1.807, 2.05) is 11.2 Å². The Balaban J connectivity index is 1.97. The molecule has 2 aliphatic heterocycles. The Bertz CT molecular complexity index is 418. The van der Waals surface area contributed by atoms with E-state index >= 15 is 0 Å². The fourth-order valence-electron chi connectivity index (χ4n) is 3.33. The first-order chi connectivity index (χ1) is 9.65. The van der Waals surface area contributed by atoms with Crippen LogP contribution in [-0.2, 0) is 4.79 Å². The molecule has 5 heteroatoms. The van der Waals surface area contributed by atoms with Crippen LogP contribution in [0.25, 0.3) is 0 Å². The van der Waals surface area contributed by atoms with Gasteiger partial charge in [0.05, 0.1) is 18.9 Å². The van der Waals surface area contributed by atoms with Crippen molar-refractivity contribution in [2.45, 2.75) is 13.3 Å². The Morgan fingerprint density at radius 3 is 2.80 bits per heavy atom.